The van der Waals surface area contributed by atoms with E-state index < -0.39 is 6.10 Å². The second-order valence-electron chi connectivity index (χ2n) is 4.68. The highest BCUT2D eigenvalue weighted by atomic mass is 35.5. The molecule has 1 N–H and O–H groups in total. The average Bonchev–Trinajstić information content (AvgIpc) is 2.83. The molecule has 0 spiro atoms. The number of rotatable bonds is 4. The molecule has 0 saturated carbocycles. The third-order valence-electron chi connectivity index (χ3n) is 3.30. The van der Waals surface area contributed by atoms with E-state index in [2.05, 4.69) is 15.6 Å². The van der Waals surface area contributed by atoms with E-state index in [0.29, 0.717) is 5.75 Å². The number of aliphatic hydroxyl groups excluding tert-OH is 1. The summed E-state index contributed by atoms with van der Waals surface area (Å²) in [5, 5.41) is 11.1. The predicted octanol–water partition coefficient (Wildman–Crippen LogP) is 3.82. The molecule has 1 heterocycles. The highest BCUT2D eigenvalue weighted by Crippen LogP contribution is 2.26. The zero-order valence-electron chi connectivity index (χ0n) is 11.6. The highest BCUT2D eigenvalue weighted by molar-refractivity contribution is 7.99. The maximum Gasteiger partial charge on any atom is 0.168 e. The number of aromatic nitrogens is 2. The molecule has 1 aromatic heterocycles. The average molecular weight is 321 g/mol. The third kappa shape index (κ3) is 3.40. The number of halogens is 1. The van der Waals surface area contributed by atoms with E-state index >= 15 is 0 Å². The Morgan fingerprint density at radius 3 is 2.48 bits per heavy atom. The number of hydrogen-bond acceptors (Lipinski definition) is 3. The molecule has 0 saturated heterocycles. The minimum absolute atomic E-state index is 0. The molecule has 0 fully saturated rings. The standard InChI is InChI=1S/C16H16N2OS.ClH/c1-18-14-10-6-5-9-13(14)17-16(18)20-11-15(19)12-7-3-2-4-8-12;/h2-10,15,19H,11H2,1H3;1H. The van der Waals surface area contributed by atoms with Crippen LogP contribution in [0.5, 0.6) is 0 Å². The molecule has 2 aromatic carbocycles. The fourth-order valence-electron chi connectivity index (χ4n) is 2.18. The van der Waals surface area contributed by atoms with Gasteiger partial charge in [-0.1, -0.05) is 54.2 Å². The van der Waals surface area contributed by atoms with Crippen molar-refractivity contribution in [3.63, 3.8) is 0 Å². The number of benzene rings is 2. The minimum atomic E-state index is -0.471. The van der Waals surface area contributed by atoms with Crippen LogP contribution >= 0.6 is 24.2 Å². The first kappa shape index (κ1) is 15.9. The second kappa shape index (κ2) is 6.98. The van der Waals surface area contributed by atoms with Crippen molar-refractivity contribution < 1.29 is 5.11 Å². The van der Waals surface area contributed by atoms with Crippen LogP contribution in [-0.4, -0.2) is 20.4 Å². The molecule has 3 rings (SSSR count). The van der Waals surface area contributed by atoms with Crippen LogP contribution in [0.4, 0.5) is 0 Å². The van der Waals surface area contributed by atoms with Crippen LogP contribution in [0.25, 0.3) is 11.0 Å². The van der Waals surface area contributed by atoms with Crippen molar-refractivity contribution in [1.82, 2.24) is 9.55 Å². The summed E-state index contributed by atoms with van der Waals surface area (Å²) in [4.78, 5) is 4.59. The van der Waals surface area contributed by atoms with Gasteiger partial charge in [-0.2, -0.15) is 0 Å². The van der Waals surface area contributed by atoms with Gasteiger partial charge >= 0.3 is 0 Å². The van der Waals surface area contributed by atoms with Crippen molar-refractivity contribution >= 4 is 35.2 Å². The molecule has 5 heteroatoms. The second-order valence-corrected chi connectivity index (χ2v) is 5.67. The molecule has 0 aliphatic heterocycles. The van der Waals surface area contributed by atoms with Gasteiger partial charge in [-0.25, -0.2) is 4.98 Å². The number of thioether (sulfide) groups is 1. The lowest BCUT2D eigenvalue weighted by molar-refractivity contribution is 0.204. The van der Waals surface area contributed by atoms with Crippen LogP contribution in [0.3, 0.4) is 0 Å². The highest BCUT2D eigenvalue weighted by Gasteiger charge is 2.12. The van der Waals surface area contributed by atoms with Gasteiger partial charge in [0.2, 0.25) is 0 Å². The largest absolute Gasteiger partial charge is 0.388 e. The van der Waals surface area contributed by atoms with E-state index in [1.54, 1.807) is 11.8 Å². The summed E-state index contributed by atoms with van der Waals surface area (Å²) >= 11 is 1.58. The molecule has 0 amide bonds. The molecule has 0 aliphatic rings. The van der Waals surface area contributed by atoms with Crippen LogP contribution in [0.1, 0.15) is 11.7 Å². The fourth-order valence-corrected chi connectivity index (χ4v) is 3.13. The topological polar surface area (TPSA) is 38.0 Å². The maximum absolute atomic E-state index is 10.2. The minimum Gasteiger partial charge on any atom is -0.388 e. The SMILES string of the molecule is Cl.Cn1c(SCC(O)c2ccccc2)nc2ccccc21. The van der Waals surface area contributed by atoms with E-state index in [-0.39, 0.29) is 12.4 Å². The zero-order chi connectivity index (χ0) is 13.9. The van der Waals surface area contributed by atoms with Crippen molar-refractivity contribution in [3.8, 4) is 0 Å². The Morgan fingerprint density at radius 2 is 1.76 bits per heavy atom. The number of nitrogens with zero attached hydrogens (tertiary/aromatic N) is 2. The van der Waals surface area contributed by atoms with Crippen LogP contribution in [0.15, 0.2) is 59.8 Å². The van der Waals surface area contributed by atoms with Gasteiger partial charge in [0.25, 0.3) is 0 Å². The van der Waals surface area contributed by atoms with Crippen LogP contribution in [-0.2, 0) is 7.05 Å². The lowest BCUT2D eigenvalue weighted by Gasteiger charge is -2.10. The van der Waals surface area contributed by atoms with E-state index in [1.165, 1.54) is 0 Å². The monoisotopic (exact) mass is 320 g/mol. The van der Waals surface area contributed by atoms with Crippen molar-refractivity contribution in [2.24, 2.45) is 7.05 Å². The molecule has 1 unspecified atom stereocenters. The summed E-state index contributed by atoms with van der Waals surface area (Å²) in [7, 11) is 2.01. The zero-order valence-corrected chi connectivity index (χ0v) is 13.3. The van der Waals surface area contributed by atoms with Gasteiger partial charge in [0.1, 0.15) is 0 Å². The van der Waals surface area contributed by atoms with Crippen molar-refractivity contribution in [2.75, 3.05) is 5.75 Å². The van der Waals surface area contributed by atoms with E-state index in [4.69, 9.17) is 0 Å². The molecule has 0 bridgehead atoms. The Labute approximate surface area is 134 Å². The Hall–Kier alpha value is -1.49. The summed E-state index contributed by atoms with van der Waals surface area (Å²) < 4.78 is 2.07. The third-order valence-corrected chi connectivity index (χ3v) is 4.41. The molecule has 1 atom stereocenters. The first-order valence-electron chi connectivity index (χ1n) is 6.53. The molecule has 3 nitrogen and oxygen atoms in total. The van der Waals surface area contributed by atoms with Crippen molar-refractivity contribution in [2.45, 2.75) is 11.3 Å². The smallest absolute Gasteiger partial charge is 0.168 e. The molecule has 0 radical (unpaired) electrons. The maximum atomic E-state index is 10.2. The summed E-state index contributed by atoms with van der Waals surface area (Å²) in [6.07, 6.45) is -0.471. The number of para-hydroxylation sites is 2. The van der Waals surface area contributed by atoms with Gasteiger partial charge in [-0.15, -0.1) is 12.4 Å². The summed E-state index contributed by atoms with van der Waals surface area (Å²) in [6, 6.07) is 17.8. The molecule has 21 heavy (non-hydrogen) atoms. The summed E-state index contributed by atoms with van der Waals surface area (Å²) in [6.45, 7) is 0. The van der Waals surface area contributed by atoms with Gasteiger partial charge < -0.3 is 9.67 Å². The van der Waals surface area contributed by atoms with Gasteiger partial charge in [-0.3, -0.25) is 0 Å². The van der Waals surface area contributed by atoms with Gasteiger partial charge in [-0.05, 0) is 17.7 Å². The Kier molecular flexibility index (Phi) is 5.28. The number of fused-ring (bicyclic) bond motifs is 1. The number of hydrogen-bond donors (Lipinski definition) is 1. The fraction of sp³-hybridized carbons (Fsp3) is 0.188. The molecule has 110 valence electrons. The van der Waals surface area contributed by atoms with Crippen LogP contribution < -0.4 is 0 Å². The van der Waals surface area contributed by atoms with E-state index in [1.807, 2.05) is 55.6 Å². The Bertz CT molecular complexity index is 715. The molecular formula is C16H17ClN2OS. The van der Waals surface area contributed by atoms with E-state index in [9.17, 15) is 5.11 Å². The number of imidazole rings is 1. The van der Waals surface area contributed by atoms with Gasteiger partial charge in [0.15, 0.2) is 5.16 Å². The van der Waals surface area contributed by atoms with Gasteiger partial charge in [0, 0.05) is 12.8 Å². The van der Waals surface area contributed by atoms with Crippen molar-refractivity contribution in [1.29, 1.82) is 0 Å². The first-order chi connectivity index (χ1) is 9.75. The quantitative estimate of drug-likeness (QED) is 0.743. The summed E-state index contributed by atoms with van der Waals surface area (Å²) in [5.41, 5.74) is 3.05. The Morgan fingerprint density at radius 1 is 1.10 bits per heavy atom. The number of aliphatic hydroxyl groups is 1. The van der Waals surface area contributed by atoms with E-state index in [0.717, 1.165) is 21.8 Å². The normalized spacial score (nSPS) is 12.1. The predicted molar refractivity (Wildman–Crippen MR) is 90.1 cm³/mol. The van der Waals surface area contributed by atoms with Crippen LogP contribution in [0.2, 0.25) is 0 Å². The molecule has 3 aromatic rings. The van der Waals surface area contributed by atoms with Crippen molar-refractivity contribution in [3.05, 3.63) is 60.2 Å². The summed E-state index contributed by atoms with van der Waals surface area (Å²) in [5.74, 6) is 0.598. The number of aryl methyl sites for hydroxylation is 1. The van der Waals surface area contributed by atoms with Gasteiger partial charge in [0.05, 0.1) is 17.1 Å². The molecule has 0 aliphatic carbocycles. The lowest BCUT2D eigenvalue weighted by atomic mass is 10.1. The lowest BCUT2D eigenvalue weighted by Crippen LogP contribution is -2.01. The molecular weight excluding hydrogens is 304 g/mol. The Balaban J connectivity index is 0.00000161. The van der Waals surface area contributed by atoms with Crippen LogP contribution in [0, 0.1) is 0 Å². The first-order valence-corrected chi connectivity index (χ1v) is 7.51.